The van der Waals surface area contributed by atoms with Gasteiger partial charge in [-0.2, -0.15) is 13.2 Å². The molecule has 138 valence electrons. The van der Waals surface area contributed by atoms with Gasteiger partial charge in [0.2, 0.25) is 0 Å². The van der Waals surface area contributed by atoms with Crippen LogP contribution in [0.1, 0.15) is 15.9 Å². The number of alkyl halides is 3. The first-order chi connectivity index (χ1) is 12.3. The number of hydrogen-bond donors (Lipinski definition) is 1. The van der Waals surface area contributed by atoms with Crippen molar-refractivity contribution in [3.8, 4) is 0 Å². The molecule has 2 aromatic carbocycles. The molecule has 2 aromatic rings. The van der Waals surface area contributed by atoms with Crippen molar-refractivity contribution in [3.63, 3.8) is 0 Å². The molecule has 0 atom stereocenters. The second kappa shape index (κ2) is 7.67. The number of nitrogens with zero attached hydrogens (tertiary/aromatic N) is 1. The molecule has 1 heterocycles. The maximum atomic E-state index is 12.6. The first-order valence-electron chi connectivity index (χ1n) is 7.95. The van der Waals surface area contributed by atoms with Gasteiger partial charge in [0.25, 0.3) is 5.91 Å². The van der Waals surface area contributed by atoms with E-state index in [2.05, 4.69) is 26.1 Å². The number of carbonyl (C=O) groups is 1. The molecular formula is C18H16BrF3N2O2. The summed E-state index contributed by atoms with van der Waals surface area (Å²) in [5.74, 6) is -0.466. The smallest absolute Gasteiger partial charge is 0.378 e. The Hall–Kier alpha value is -2.06. The monoisotopic (exact) mass is 428 g/mol. The highest BCUT2D eigenvalue weighted by atomic mass is 79.9. The van der Waals surface area contributed by atoms with Gasteiger partial charge in [-0.05, 0) is 42.5 Å². The van der Waals surface area contributed by atoms with Gasteiger partial charge < -0.3 is 15.0 Å². The number of morpholine rings is 1. The predicted octanol–water partition coefficient (Wildman–Crippen LogP) is 4.56. The molecule has 4 nitrogen and oxygen atoms in total. The van der Waals surface area contributed by atoms with Crippen LogP contribution in [-0.2, 0) is 10.9 Å². The van der Waals surface area contributed by atoms with Crippen molar-refractivity contribution in [2.75, 3.05) is 36.5 Å². The van der Waals surface area contributed by atoms with Crippen molar-refractivity contribution in [3.05, 3.63) is 58.1 Å². The van der Waals surface area contributed by atoms with E-state index in [9.17, 15) is 18.0 Å². The predicted molar refractivity (Wildman–Crippen MR) is 96.6 cm³/mol. The first-order valence-corrected chi connectivity index (χ1v) is 8.75. The normalized spacial score (nSPS) is 15.0. The number of rotatable bonds is 3. The molecule has 3 rings (SSSR count). The van der Waals surface area contributed by atoms with E-state index in [-0.39, 0.29) is 5.56 Å². The summed E-state index contributed by atoms with van der Waals surface area (Å²) in [6.07, 6.45) is -4.43. The van der Waals surface area contributed by atoms with Gasteiger partial charge in [0.15, 0.2) is 0 Å². The van der Waals surface area contributed by atoms with E-state index < -0.39 is 17.6 Å². The van der Waals surface area contributed by atoms with Crippen molar-refractivity contribution in [1.82, 2.24) is 0 Å². The Kier molecular flexibility index (Phi) is 5.52. The third-order valence-corrected chi connectivity index (χ3v) is 4.53. The first kappa shape index (κ1) is 18.7. The van der Waals surface area contributed by atoms with Gasteiger partial charge in [-0.1, -0.05) is 15.9 Å². The second-order valence-electron chi connectivity index (χ2n) is 5.79. The zero-order valence-corrected chi connectivity index (χ0v) is 15.2. The van der Waals surface area contributed by atoms with E-state index >= 15 is 0 Å². The highest BCUT2D eigenvalue weighted by molar-refractivity contribution is 9.10. The van der Waals surface area contributed by atoms with E-state index in [1.807, 2.05) is 12.1 Å². The maximum absolute atomic E-state index is 12.6. The number of anilines is 2. The molecule has 1 aliphatic heterocycles. The summed E-state index contributed by atoms with van der Waals surface area (Å²) in [5.41, 5.74) is 0.805. The Morgan fingerprint density at radius 2 is 1.73 bits per heavy atom. The Labute approximate surface area is 157 Å². The summed E-state index contributed by atoms with van der Waals surface area (Å²) in [7, 11) is 0. The molecule has 0 bridgehead atoms. The number of amides is 1. The van der Waals surface area contributed by atoms with Crippen LogP contribution in [0.15, 0.2) is 46.9 Å². The summed E-state index contributed by atoms with van der Waals surface area (Å²) in [5, 5.41) is 2.79. The van der Waals surface area contributed by atoms with E-state index in [4.69, 9.17) is 4.74 Å². The zero-order valence-electron chi connectivity index (χ0n) is 13.6. The van der Waals surface area contributed by atoms with E-state index in [1.165, 1.54) is 12.1 Å². The van der Waals surface area contributed by atoms with Crippen LogP contribution in [0.25, 0.3) is 0 Å². The number of hydrogen-bond acceptors (Lipinski definition) is 3. The topological polar surface area (TPSA) is 41.6 Å². The minimum Gasteiger partial charge on any atom is -0.378 e. The molecule has 0 spiro atoms. The van der Waals surface area contributed by atoms with Gasteiger partial charge in [-0.25, -0.2) is 0 Å². The average Bonchev–Trinajstić information content (AvgIpc) is 2.62. The van der Waals surface area contributed by atoms with Gasteiger partial charge in [0, 0.05) is 23.1 Å². The molecule has 26 heavy (non-hydrogen) atoms. The van der Waals surface area contributed by atoms with Crippen molar-refractivity contribution in [2.45, 2.75) is 6.18 Å². The van der Waals surface area contributed by atoms with Crippen LogP contribution >= 0.6 is 15.9 Å². The van der Waals surface area contributed by atoms with Gasteiger partial charge in [0.1, 0.15) is 0 Å². The average molecular weight is 429 g/mol. The quantitative estimate of drug-likeness (QED) is 0.778. The number of halogens is 4. The van der Waals surface area contributed by atoms with Crippen LogP contribution in [0.2, 0.25) is 0 Å². The highest BCUT2D eigenvalue weighted by Crippen LogP contribution is 2.31. The molecule has 0 saturated carbocycles. The SMILES string of the molecule is O=C(Nc1cc(Br)ccc1N1CCOCC1)c1ccc(C(F)(F)F)cc1. The van der Waals surface area contributed by atoms with Crippen LogP contribution in [-0.4, -0.2) is 32.2 Å². The van der Waals surface area contributed by atoms with Crippen molar-refractivity contribution in [2.24, 2.45) is 0 Å². The van der Waals surface area contributed by atoms with E-state index in [0.29, 0.717) is 32.0 Å². The van der Waals surface area contributed by atoms with Crippen LogP contribution < -0.4 is 10.2 Å². The lowest BCUT2D eigenvalue weighted by Gasteiger charge is -2.30. The molecule has 1 fully saturated rings. The molecule has 1 amide bonds. The molecular weight excluding hydrogens is 413 g/mol. The Morgan fingerprint density at radius 3 is 2.35 bits per heavy atom. The molecule has 0 unspecified atom stereocenters. The van der Waals surface area contributed by atoms with Gasteiger partial charge >= 0.3 is 6.18 Å². The number of nitrogens with one attached hydrogen (secondary N) is 1. The summed E-state index contributed by atoms with van der Waals surface area (Å²) in [4.78, 5) is 14.6. The van der Waals surface area contributed by atoms with Crippen LogP contribution in [0, 0.1) is 0 Å². The Bertz CT molecular complexity index is 788. The third-order valence-electron chi connectivity index (χ3n) is 4.03. The summed E-state index contributed by atoms with van der Waals surface area (Å²) >= 11 is 3.38. The molecule has 0 aromatic heterocycles. The molecule has 1 saturated heterocycles. The lowest BCUT2D eigenvalue weighted by atomic mass is 10.1. The Balaban J connectivity index is 1.81. The van der Waals surface area contributed by atoms with Crippen LogP contribution in [0.5, 0.6) is 0 Å². The van der Waals surface area contributed by atoms with Crippen LogP contribution in [0.4, 0.5) is 24.5 Å². The number of ether oxygens (including phenoxy) is 1. The van der Waals surface area contributed by atoms with Crippen molar-refractivity contribution < 1.29 is 22.7 Å². The second-order valence-corrected chi connectivity index (χ2v) is 6.71. The Morgan fingerprint density at radius 1 is 1.08 bits per heavy atom. The summed E-state index contributed by atoms with van der Waals surface area (Å²) in [6, 6.07) is 9.68. The zero-order chi connectivity index (χ0) is 18.7. The fourth-order valence-electron chi connectivity index (χ4n) is 2.69. The van der Waals surface area contributed by atoms with Gasteiger partial charge in [0.05, 0.1) is 30.2 Å². The molecule has 0 aliphatic carbocycles. The molecule has 1 aliphatic rings. The van der Waals surface area contributed by atoms with E-state index in [1.54, 1.807) is 6.07 Å². The molecule has 8 heteroatoms. The van der Waals surface area contributed by atoms with E-state index in [0.717, 1.165) is 22.3 Å². The third kappa shape index (κ3) is 4.37. The summed E-state index contributed by atoms with van der Waals surface area (Å²) < 4.78 is 44.1. The van der Waals surface area contributed by atoms with Crippen molar-refractivity contribution in [1.29, 1.82) is 0 Å². The standard InChI is InChI=1S/C18H16BrF3N2O2/c19-14-5-6-16(24-7-9-26-10-8-24)15(11-14)23-17(25)12-1-3-13(4-2-12)18(20,21)22/h1-6,11H,7-10H2,(H,23,25). The maximum Gasteiger partial charge on any atom is 0.416 e. The van der Waals surface area contributed by atoms with Gasteiger partial charge in [-0.3, -0.25) is 4.79 Å². The van der Waals surface area contributed by atoms with Crippen molar-refractivity contribution >= 4 is 33.2 Å². The van der Waals surface area contributed by atoms with Crippen LogP contribution in [0.3, 0.4) is 0 Å². The lowest BCUT2D eigenvalue weighted by Crippen LogP contribution is -2.36. The van der Waals surface area contributed by atoms with Gasteiger partial charge in [-0.15, -0.1) is 0 Å². The minimum absolute atomic E-state index is 0.158. The minimum atomic E-state index is -4.43. The fourth-order valence-corrected chi connectivity index (χ4v) is 3.05. The molecule has 0 radical (unpaired) electrons. The number of benzene rings is 2. The largest absolute Gasteiger partial charge is 0.416 e. The number of carbonyl (C=O) groups excluding carboxylic acids is 1. The highest BCUT2D eigenvalue weighted by Gasteiger charge is 2.30. The fraction of sp³-hybridized carbons (Fsp3) is 0.278. The lowest BCUT2D eigenvalue weighted by molar-refractivity contribution is -0.137. The summed E-state index contributed by atoms with van der Waals surface area (Å²) in [6.45, 7) is 2.60. The molecule has 1 N–H and O–H groups in total.